The Hall–Kier alpha value is -0.320. The molecule has 2 heterocycles. The second kappa shape index (κ2) is 9.65. The third-order valence-electron chi connectivity index (χ3n) is 5.08. The van der Waals surface area contributed by atoms with E-state index in [1.165, 1.54) is 25.7 Å². The summed E-state index contributed by atoms with van der Waals surface area (Å²) in [6, 6.07) is 0. The molecule has 0 radical (unpaired) electrons. The van der Waals surface area contributed by atoms with Gasteiger partial charge in [0.1, 0.15) is 0 Å². The molecule has 1 N–H and O–H groups in total. The van der Waals surface area contributed by atoms with Gasteiger partial charge in [0.15, 0.2) is 0 Å². The van der Waals surface area contributed by atoms with E-state index >= 15 is 0 Å². The van der Waals surface area contributed by atoms with Gasteiger partial charge < -0.3 is 15.0 Å². The minimum absolute atomic E-state index is 0. The second-order valence-electron chi connectivity index (χ2n) is 6.43. The number of unbranched alkanes of at least 4 members (excludes halogenated alkanes) is 2. The predicted octanol–water partition coefficient (Wildman–Crippen LogP) is 2.61. The van der Waals surface area contributed by atoms with E-state index in [9.17, 15) is 4.79 Å². The molecule has 2 aliphatic rings. The van der Waals surface area contributed by atoms with Crippen LogP contribution >= 0.6 is 12.4 Å². The summed E-state index contributed by atoms with van der Waals surface area (Å²) in [4.78, 5) is 14.3. The molecule has 0 aromatic rings. The second-order valence-corrected chi connectivity index (χ2v) is 6.43. The average molecular weight is 319 g/mol. The molecule has 0 unspecified atom stereocenters. The quantitative estimate of drug-likeness (QED) is 0.765. The van der Waals surface area contributed by atoms with Gasteiger partial charge in [0.05, 0.1) is 0 Å². The molecule has 0 aromatic carbocycles. The average Bonchev–Trinajstić information content (AvgIpc) is 2.48. The van der Waals surface area contributed by atoms with Gasteiger partial charge in [-0.2, -0.15) is 0 Å². The summed E-state index contributed by atoms with van der Waals surface area (Å²) in [5, 5.41) is 3.44. The Labute approximate surface area is 135 Å². The van der Waals surface area contributed by atoms with E-state index in [2.05, 4.69) is 10.2 Å². The Morgan fingerprint density at radius 2 is 1.76 bits per heavy atom. The van der Waals surface area contributed by atoms with Crippen LogP contribution in [0, 0.1) is 5.41 Å². The van der Waals surface area contributed by atoms with E-state index in [0.29, 0.717) is 11.3 Å². The molecule has 5 heteroatoms. The van der Waals surface area contributed by atoms with Crippen LogP contribution in [0.15, 0.2) is 0 Å². The van der Waals surface area contributed by atoms with Gasteiger partial charge in [-0.25, -0.2) is 0 Å². The fourth-order valence-corrected chi connectivity index (χ4v) is 3.55. The van der Waals surface area contributed by atoms with Gasteiger partial charge in [-0.1, -0.05) is 6.42 Å². The molecule has 1 spiro atoms. The molecule has 0 saturated carbocycles. The summed E-state index contributed by atoms with van der Waals surface area (Å²) in [6.07, 6.45) is 8.92. The smallest absolute Gasteiger partial charge is 0.222 e. The highest BCUT2D eigenvalue weighted by Crippen LogP contribution is 2.39. The number of likely N-dealkylation sites (tertiary alicyclic amines) is 1. The number of nitrogens with one attached hydrogen (secondary N) is 1. The van der Waals surface area contributed by atoms with Crippen LogP contribution in [-0.2, 0) is 9.53 Å². The van der Waals surface area contributed by atoms with E-state index in [0.717, 1.165) is 58.5 Å². The lowest BCUT2D eigenvalue weighted by Crippen LogP contribution is -2.47. The van der Waals surface area contributed by atoms with Crippen molar-refractivity contribution in [3.63, 3.8) is 0 Å². The van der Waals surface area contributed by atoms with Crippen molar-refractivity contribution in [3.8, 4) is 0 Å². The number of halogens is 1. The van der Waals surface area contributed by atoms with Crippen molar-refractivity contribution in [2.45, 2.75) is 51.4 Å². The molecule has 0 aliphatic carbocycles. The Bertz CT molecular complexity index is 297. The maximum Gasteiger partial charge on any atom is 0.222 e. The van der Waals surface area contributed by atoms with Gasteiger partial charge in [0.2, 0.25) is 5.91 Å². The molecule has 0 atom stereocenters. The van der Waals surface area contributed by atoms with Gasteiger partial charge in [0, 0.05) is 33.2 Å². The SMILES string of the molecule is COCCCCCC(=O)N1CCC2(CCNCC2)CC1.Cl. The van der Waals surface area contributed by atoms with E-state index in [1.54, 1.807) is 7.11 Å². The molecule has 0 aromatic heterocycles. The van der Waals surface area contributed by atoms with Gasteiger partial charge in [-0.05, 0) is 57.0 Å². The van der Waals surface area contributed by atoms with Crippen molar-refractivity contribution in [2.24, 2.45) is 5.41 Å². The molecule has 4 nitrogen and oxygen atoms in total. The zero-order valence-electron chi connectivity index (χ0n) is 13.4. The van der Waals surface area contributed by atoms with Crippen molar-refractivity contribution in [2.75, 3.05) is 39.9 Å². The number of carbonyl (C=O) groups is 1. The zero-order valence-corrected chi connectivity index (χ0v) is 14.2. The van der Waals surface area contributed by atoms with E-state index in [-0.39, 0.29) is 12.4 Å². The third kappa shape index (κ3) is 5.76. The highest BCUT2D eigenvalue weighted by atomic mass is 35.5. The first kappa shape index (κ1) is 18.7. The summed E-state index contributed by atoms with van der Waals surface area (Å²) >= 11 is 0. The molecular formula is C16H31ClN2O2. The van der Waals surface area contributed by atoms with Gasteiger partial charge in [0.25, 0.3) is 0 Å². The minimum Gasteiger partial charge on any atom is -0.385 e. The lowest BCUT2D eigenvalue weighted by molar-refractivity contribution is -0.134. The summed E-state index contributed by atoms with van der Waals surface area (Å²) in [5.74, 6) is 0.367. The van der Waals surface area contributed by atoms with Crippen molar-refractivity contribution in [1.82, 2.24) is 10.2 Å². The first-order chi connectivity index (χ1) is 9.76. The monoisotopic (exact) mass is 318 g/mol. The standard InChI is InChI=1S/C16H30N2O2.ClH/c1-20-14-4-2-3-5-15(19)18-12-8-16(9-13-18)6-10-17-11-7-16;/h17H,2-14H2,1H3;1H. The number of piperidine rings is 2. The van der Waals surface area contributed by atoms with Crippen molar-refractivity contribution >= 4 is 18.3 Å². The number of carbonyl (C=O) groups excluding carboxylic acids is 1. The number of nitrogens with zero attached hydrogens (tertiary/aromatic N) is 1. The number of hydrogen-bond donors (Lipinski definition) is 1. The van der Waals surface area contributed by atoms with Crippen molar-refractivity contribution in [3.05, 3.63) is 0 Å². The topological polar surface area (TPSA) is 41.6 Å². The van der Waals surface area contributed by atoms with Crippen LogP contribution in [0.3, 0.4) is 0 Å². The van der Waals surface area contributed by atoms with Crippen LogP contribution in [-0.4, -0.2) is 50.7 Å². The van der Waals surface area contributed by atoms with E-state index in [4.69, 9.17) is 4.74 Å². The van der Waals surface area contributed by atoms with E-state index in [1.807, 2.05) is 0 Å². The third-order valence-corrected chi connectivity index (χ3v) is 5.08. The maximum absolute atomic E-state index is 12.2. The highest BCUT2D eigenvalue weighted by molar-refractivity contribution is 5.85. The number of hydrogen-bond acceptors (Lipinski definition) is 3. The Morgan fingerprint density at radius 3 is 2.38 bits per heavy atom. The van der Waals surface area contributed by atoms with Crippen molar-refractivity contribution in [1.29, 1.82) is 0 Å². The first-order valence-electron chi connectivity index (χ1n) is 8.23. The van der Waals surface area contributed by atoms with Crippen LogP contribution in [0.5, 0.6) is 0 Å². The Balaban J connectivity index is 0.00000220. The molecular weight excluding hydrogens is 288 g/mol. The first-order valence-corrected chi connectivity index (χ1v) is 8.23. The highest BCUT2D eigenvalue weighted by Gasteiger charge is 2.36. The maximum atomic E-state index is 12.2. The van der Waals surface area contributed by atoms with Crippen LogP contribution in [0.4, 0.5) is 0 Å². The summed E-state index contributed by atoms with van der Waals surface area (Å²) in [5.41, 5.74) is 0.542. The fourth-order valence-electron chi connectivity index (χ4n) is 3.55. The van der Waals surface area contributed by atoms with Crippen LogP contribution in [0.25, 0.3) is 0 Å². The zero-order chi connectivity index (χ0) is 14.3. The summed E-state index contributed by atoms with van der Waals surface area (Å²) in [7, 11) is 1.73. The van der Waals surface area contributed by atoms with Crippen molar-refractivity contribution < 1.29 is 9.53 Å². The van der Waals surface area contributed by atoms with Crippen LogP contribution < -0.4 is 5.32 Å². The number of rotatable bonds is 6. The van der Waals surface area contributed by atoms with Crippen LogP contribution in [0.2, 0.25) is 0 Å². The molecule has 0 bridgehead atoms. The van der Waals surface area contributed by atoms with Gasteiger partial charge >= 0.3 is 0 Å². The van der Waals surface area contributed by atoms with Gasteiger partial charge in [-0.3, -0.25) is 4.79 Å². The van der Waals surface area contributed by atoms with E-state index < -0.39 is 0 Å². The summed E-state index contributed by atoms with van der Waals surface area (Å²) < 4.78 is 5.03. The molecule has 21 heavy (non-hydrogen) atoms. The van der Waals surface area contributed by atoms with Crippen LogP contribution in [0.1, 0.15) is 51.4 Å². The molecule has 2 fully saturated rings. The lowest BCUT2D eigenvalue weighted by atomic mass is 9.71. The fraction of sp³-hybridized carbons (Fsp3) is 0.938. The minimum atomic E-state index is 0. The Kier molecular flexibility index (Phi) is 8.60. The lowest BCUT2D eigenvalue weighted by Gasteiger charge is -2.44. The molecule has 124 valence electrons. The number of ether oxygens (including phenoxy) is 1. The molecule has 2 aliphatic heterocycles. The molecule has 2 rings (SSSR count). The van der Waals surface area contributed by atoms with Gasteiger partial charge in [-0.15, -0.1) is 12.4 Å². The number of methoxy groups -OCH3 is 1. The predicted molar refractivity (Wildman–Crippen MR) is 87.9 cm³/mol. The molecule has 2 saturated heterocycles. The number of amides is 1. The Morgan fingerprint density at radius 1 is 1.10 bits per heavy atom. The summed E-state index contributed by atoms with van der Waals surface area (Å²) in [6.45, 7) is 5.10. The normalized spacial score (nSPS) is 21.1. The molecule has 1 amide bonds. The largest absolute Gasteiger partial charge is 0.385 e.